The smallest absolute Gasteiger partial charge is 0.266 e. The van der Waals surface area contributed by atoms with E-state index in [-0.39, 0.29) is 12.1 Å². The van der Waals surface area contributed by atoms with E-state index in [1.165, 1.54) is 21.1 Å². The van der Waals surface area contributed by atoms with E-state index in [0.29, 0.717) is 24.9 Å². The Kier molecular flexibility index (Phi) is 4.79. The van der Waals surface area contributed by atoms with Crippen LogP contribution in [0.1, 0.15) is 43.9 Å². The largest absolute Gasteiger partial charge is 0.388 e. The third-order valence-corrected chi connectivity index (χ3v) is 7.01. The molecule has 3 aromatic rings. The number of hydrogen-bond acceptors (Lipinski definition) is 4. The maximum atomic E-state index is 12.2. The van der Waals surface area contributed by atoms with E-state index < -0.39 is 5.60 Å². The molecule has 4 heterocycles. The molecule has 2 aromatic heterocycles. The van der Waals surface area contributed by atoms with Crippen molar-refractivity contribution in [3.8, 4) is 0 Å². The second-order valence-corrected chi connectivity index (χ2v) is 9.12. The van der Waals surface area contributed by atoms with Gasteiger partial charge in [-0.25, -0.2) is 4.68 Å². The molecule has 2 atom stereocenters. The summed E-state index contributed by atoms with van der Waals surface area (Å²) in [6.45, 7) is 6.22. The van der Waals surface area contributed by atoms with Gasteiger partial charge in [0, 0.05) is 48.3 Å². The molecule has 2 fully saturated rings. The van der Waals surface area contributed by atoms with E-state index in [2.05, 4.69) is 52.0 Å². The Labute approximate surface area is 176 Å². The van der Waals surface area contributed by atoms with Crippen molar-refractivity contribution in [1.29, 1.82) is 0 Å². The summed E-state index contributed by atoms with van der Waals surface area (Å²) in [5, 5.41) is 17.1. The Hall–Kier alpha value is -2.44. The van der Waals surface area contributed by atoms with Crippen LogP contribution in [0, 0.1) is 6.92 Å². The minimum atomic E-state index is -0.871. The van der Waals surface area contributed by atoms with Gasteiger partial charge in [0.25, 0.3) is 5.56 Å². The number of aryl methyl sites for hydroxylation is 2. The van der Waals surface area contributed by atoms with Crippen LogP contribution in [0.15, 0.2) is 47.4 Å². The highest BCUT2D eigenvalue weighted by Gasteiger charge is 2.47. The van der Waals surface area contributed by atoms with Crippen LogP contribution in [-0.4, -0.2) is 42.0 Å². The monoisotopic (exact) mass is 406 g/mol. The fraction of sp³-hybridized carbons (Fsp3) is 0.500. The van der Waals surface area contributed by atoms with Crippen molar-refractivity contribution in [2.75, 3.05) is 0 Å². The topological polar surface area (TPSA) is 63.3 Å². The minimum absolute atomic E-state index is 0.142. The Morgan fingerprint density at radius 2 is 1.87 bits per heavy atom. The van der Waals surface area contributed by atoms with Gasteiger partial charge in [-0.2, -0.15) is 5.10 Å². The number of nitrogens with zero attached hydrogens (tertiary/aromatic N) is 4. The molecule has 0 spiro atoms. The van der Waals surface area contributed by atoms with Crippen LogP contribution in [0.5, 0.6) is 0 Å². The first-order valence-corrected chi connectivity index (χ1v) is 11.1. The van der Waals surface area contributed by atoms with Gasteiger partial charge in [-0.1, -0.05) is 18.2 Å². The van der Waals surface area contributed by atoms with Crippen LogP contribution in [0.25, 0.3) is 10.9 Å². The highest BCUT2D eigenvalue weighted by atomic mass is 16.3. The molecule has 158 valence electrons. The van der Waals surface area contributed by atoms with Gasteiger partial charge in [0.1, 0.15) is 0 Å². The lowest BCUT2D eigenvalue weighted by molar-refractivity contribution is -0.0677. The van der Waals surface area contributed by atoms with E-state index in [1.807, 2.05) is 6.92 Å². The number of hydrogen-bond donors (Lipinski definition) is 1. The van der Waals surface area contributed by atoms with Crippen molar-refractivity contribution < 1.29 is 5.11 Å². The lowest BCUT2D eigenvalue weighted by Crippen LogP contribution is -2.53. The van der Waals surface area contributed by atoms with Crippen LogP contribution < -0.4 is 5.56 Å². The summed E-state index contributed by atoms with van der Waals surface area (Å²) < 4.78 is 3.77. The van der Waals surface area contributed by atoms with Crippen LogP contribution >= 0.6 is 0 Å². The molecule has 5 rings (SSSR count). The molecule has 0 amide bonds. The van der Waals surface area contributed by atoms with Crippen molar-refractivity contribution in [2.24, 2.45) is 0 Å². The number of fused-ring (bicyclic) bond motifs is 3. The van der Waals surface area contributed by atoms with Gasteiger partial charge in [0.2, 0.25) is 0 Å². The molecule has 2 saturated heterocycles. The Balaban J connectivity index is 1.37. The second kappa shape index (κ2) is 7.36. The summed E-state index contributed by atoms with van der Waals surface area (Å²) >= 11 is 0. The molecule has 2 aliphatic heterocycles. The second-order valence-electron chi connectivity index (χ2n) is 9.12. The zero-order valence-electron chi connectivity index (χ0n) is 17.8. The van der Waals surface area contributed by atoms with E-state index in [9.17, 15) is 9.90 Å². The van der Waals surface area contributed by atoms with Crippen LogP contribution in [0.4, 0.5) is 0 Å². The van der Waals surface area contributed by atoms with Crippen LogP contribution in [0.3, 0.4) is 0 Å². The lowest BCUT2D eigenvalue weighted by Gasteiger charge is -2.43. The van der Waals surface area contributed by atoms with Gasteiger partial charge in [-0.3, -0.25) is 9.69 Å². The van der Waals surface area contributed by atoms with Gasteiger partial charge in [0.15, 0.2) is 0 Å². The molecule has 30 heavy (non-hydrogen) atoms. The zero-order chi connectivity index (χ0) is 20.9. The maximum absolute atomic E-state index is 12.2. The molecule has 1 N–H and O–H groups in total. The third-order valence-electron chi connectivity index (χ3n) is 7.01. The quantitative estimate of drug-likeness (QED) is 0.707. The number of aromatic nitrogens is 3. The van der Waals surface area contributed by atoms with E-state index in [1.54, 1.807) is 12.1 Å². The highest BCUT2D eigenvalue weighted by Crippen LogP contribution is 2.42. The fourth-order valence-electron chi connectivity index (χ4n) is 5.65. The molecule has 6 nitrogen and oxygen atoms in total. The summed E-state index contributed by atoms with van der Waals surface area (Å²) in [7, 11) is 0. The average molecular weight is 407 g/mol. The SMILES string of the molecule is CCn1cc(CN2C3CCC2CC(O)(Cn2nc(C)ccc2=O)C3)c2ccccc21. The van der Waals surface area contributed by atoms with Gasteiger partial charge < -0.3 is 9.67 Å². The molecule has 2 unspecified atom stereocenters. The average Bonchev–Trinajstić information content (AvgIpc) is 3.20. The standard InChI is InChI=1S/C24H30N4O2/c1-3-26-14-18(21-6-4-5-7-22(21)26)15-27-19-9-10-20(27)13-24(30,12-19)16-28-23(29)11-8-17(2)25-28/h4-8,11,14,19-20,30H,3,9-10,12-13,15-16H2,1-2H3. The molecule has 0 saturated carbocycles. The normalized spacial score (nSPS) is 26.5. The Bertz CT molecular complexity index is 1120. The number of benzene rings is 1. The predicted octanol–water partition coefficient (Wildman–Crippen LogP) is 3.08. The van der Waals surface area contributed by atoms with Crippen molar-refractivity contribution in [2.45, 2.75) is 76.8 Å². The first-order valence-electron chi connectivity index (χ1n) is 11.1. The lowest BCUT2D eigenvalue weighted by atomic mass is 9.85. The Morgan fingerprint density at radius 3 is 2.60 bits per heavy atom. The van der Waals surface area contributed by atoms with Crippen molar-refractivity contribution >= 4 is 10.9 Å². The number of para-hydroxylation sites is 1. The molecule has 0 radical (unpaired) electrons. The molecule has 2 aliphatic rings. The molecule has 0 aliphatic carbocycles. The van der Waals surface area contributed by atoms with Crippen molar-refractivity contribution in [3.05, 3.63) is 64.2 Å². The molecule has 1 aromatic carbocycles. The van der Waals surface area contributed by atoms with Gasteiger partial charge in [-0.15, -0.1) is 0 Å². The summed E-state index contributed by atoms with van der Waals surface area (Å²) in [6, 6.07) is 12.6. The van der Waals surface area contributed by atoms with Crippen LogP contribution in [0.2, 0.25) is 0 Å². The van der Waals surface area contributed by atoms with Crippen molar-refractivity contribution in [1.82, 2.24) is 19.2 Å². The fourth-order valence-corrected chi connectivity index (χ4v) is 5.65. The number of rotatable bonds is 5. The van der Waals surface area contributed by atoms with Crippen LogP contribution in [-0.2, 0) is 19.6 Å². The first kappa shape index (κ1) is 19.5. The van der Waals surface area contributed by atoms with Gasteiger partial charge in [-0.05, 0) is 57.2 Å². The molecule has 6 heteroatoms. The van der Waals surface area contributed by atoms with E-state index in [0.717, 1.165) is 31.6 Å². The number of piperidine rings is 1. The zero-order valence-corrected chi connectivity index (χ0v) is 17.8. The maximum Gasteiger partial charge on any atom is 0.266 e. The molecular formula is C24H30N4O2. The summed E-state index contributed by atoms with van der Waals surface area (Å²) in [5.41, 5.74) is 2.44. The summed E-state index contributed by atoms with van der Waals surface area (Å²) in [5.74, 6) is 0. The van der Waals surface area contributed by atoms with Gasteiger partial charge in [0.05, 0.1) is 17.8 Å². The summed E-state index contributed by atoms with van der Waals surface area (Å²) in [4.78, 5) is 14.8. The predicted molar refractivity (Wildman–Crippen MR) is 117 cm³/mol. The third kappa shape index (κ3) is 3.38. The molecular weight excluding hydrogens is 376 g/mol. The van der Waals surface area contributed by atoms with Gasteiger partial charge >= 0.3 is 0 Å². The van der Waals surface area contributed by atoms with E-state index >= 15 is 0 Å². The molecule has 2 bridgehead atoms. The van der Waals surface area contributed by atoms with Crippen molar-refractivity contribution in [3.63, 3.8) is 0 Å². The number of aliphatic hydroxyl groups is 1. The van der Waals surface area contributed by atoms with E-state index in [4.69, 9.17) is 0 Å². The highest BCUT2D eigenvalue weighted by molar-refractivity contribution is 5.83. The Morgan fingerprint density at radius 1 is 1.13 bits per heavy atom. The summed E-state index contributed by atoms with van der Waals surface area (Å²) in [6.07, 6.45) is 5.89. The minimum Gasteiger partial charge on any atom is -0.388 e. The first-order chi connectivity index (χ1) is 14.5.